The van der Waals surface area contributed by atoms with Gasteiger partial charge in [0.05, 0.1) is 18.6 Å². The molecule has 1 aromatic carbocycles. The molecular weight excluding hydrogens is 354 g/mol. The Morgan fingerprint density at radius 2 is 1.82 bits per heavy atom. The van der Waals surface area contributed by atoms with Crippen molar-refractivity contribution in [3.8, 4) is 5.88 Å². The molecule has 1 fully saturated rings. The number of aromatic hydroxyl groups is 1. The van der Waals surface area contributed by atoms with Crippen molar-refractivity contribution in [2.24, 2.45) is 10.2 Å². The first kappa shape index (κ1) is 18.3. The van der Waals surface area contributed by atoms with Crippen LogP contribution in [0.1, 0.15) is 36.2 Å². The second kappa shape index (κ2) is 8.31. The summed E-state index contributed by atoms with van der Waals surface area (Å²) < 4.78 is 1.88. The summed E-state index contributed by atoms with van der Waals surface area (Å²) in [5, 5.41) is 19.5. The summed E-state index contributed by atoms with van der Waals surface area (Å²) in [6.07, 6.45) is 6.50. The molecule has 1 amide bonds. The summed E-state index contributed by atoms with van der Waals surface area (Å²) in [4.78, 5) is 17.7. The lowest BCUT2D eigenvalue weighted by molar-refractivity contribution is -0.921. The van der Waals surface area contributed by atoms with E-state index in [1.165, 1.54) is 36.8 Å². The monoisotopic (exact) mass is 378 g/mol. The number of likely N-dealkylation sites (tertiary alicyclic amines) is 1. The number of pyridine rings is 1. The van der Waals surface area contributed by atoms with E-state index < -0.39 is 5.91 Å². The second-order valence-corrected chi connectivity index (χ2v) is 7.16. The highest BCUT2D eigenvalue weighted by Gasteiger charge is 2.21. The zero-order valence-corrected chi connectivity index (χ0v) is 15.7. The number of hydrogen-bond acceptors (Lipinski definition) is 4. The largest absolute Gasteiger partial charge is 0.493 e. The van der Waals surface area contributed by atoms with Crippen molar-refractivity contribution in [3.63, 3.8) is 0 Å². The molecule has 0 radical (unpaired) electrons. The third kappa shape index (κ3) is 3.80. The number of nitrogens with one attached hydrogen (secondary N) is 1. The van der Waals surface area contributed by atoms with E-state index in [-0.39, 0.29) is 11.6 Å². The smallest absolute Gasteiger partial charge is 0.313 e. The lowest BCUT2D eigenvalue weighted by Gasteiger charge is -2.18. The van der Waals surface area contributed by atoms with Gasteiger partial charge in [-0.05, 0) is 43.9 Å². The summed E-state index contributed by atoms with van der Waals surface area (Å²) in [6, 6.07) is 12.7. The van der Waals surface area contributed by atoms with Gasteiger partial charge in [-0.15, -0.1) is 10.2 Å². The highest BCUT2D eigenvalue weighted by atomic mass is 16.3. The van der Waals surface area contributed by atoms with Crippen molar-refractivity contribution < 1.29 is 14.8 Å². The zero-order chi connectivity index (χ0) is 19.3. The fraction of sp³-hybridized carbons (Fsp3) is 0.333. The van der Waals surface area contributed by atoms with Gasteiger partial charge in [-0.25, -0.2) is 0 Å². The van der Waals surface area contributed by atoms with Gasteiger partial charge in [0, 0.05) is 11.6 Å². The Morgan fingerprint density at radius 1 is 1.07 bits per heavy atom. The van der Waals surface area contributed by atoms with Gasteiger partial charge in [0.25, 0.3) is 0 Å². The highest BCUT2D eigenvalue weighted by Crippen LogP contribution is 2.38. The van der Waals surface area contributed by atoms with Crippen LogP contribution in [-0.2, 0) is 6.67 Å². The van der Waals surface area contributed by atoms with Crippen molar-refractivity contribution in [2.45, 2.75) is 32.4 Å². The van der Waals surface area contributed by atoms with Crippen LogP contribution in [0.5, 0.6) is 5.88 Å². The number of rotatable bonds is 4. The Bertz CT molecular complexity index is 989. The number of nitrogens with zero attached hydrogens (tertiary/aromatic N) is 4. The van der Waals surface area contributed by atoms with Crippen LogP contribution in [0.2, 0.25) is 0 Å². The van der Waals surface area contributed by atoms with E-state index >= 15 is 0 Å². The van der Waals surface area contributed by atoms with E-state index in [2.05, 4.69) is 15.2 Å². The number of azo groups is 1. The number of fused-ring (bicyclic) bond motifs is 1. The summed E-state index contributed by atoms with van der Waals surface area (Å²) in [5.41, 5.74) is 1.45. The number of benzene rings is 1. The second-order valence-electron chi connectivity index (χ2n) is 7.16. The Kier molecular flexibility index (Phi) is 5.43. The maximum Gasteiger partial charge on any atom is 0.313 e. The fourth-order valence-electron chi connectivity index (χ4n) is 3.78. The molecule has 1 aliphatic heterocycles. The molecule has 2 aromatic heterocycles. The Balaban J connectivity index is 1.66. The van der Waals surface area contributed by atoms with Crippen LogP contribution in [0, 0.1) is 0 Å². The third-order valence-electron chi connectivity index (χ3n) is 5.23. The molecule has 0 aliphatic carbocycles. The van der Waals surface area contributed by atoms with E-state index in [1.807, 2.05) is 28.8 Å². The van der Waals surface area contributed by atoms with E-state index in [4.69, 9.17) is 0 Å². The third-order valence-corrected chi connectivity index (χ3v) is 5.23. The first-order chi connectivity index (χ1) is 13.7. The van der Waals surface area contributed by atoms with E-state index in [0.29, 0.717) is 12.4 Å². The molecule has 3 heterocycles. The van der Waals surface area contributed by atoms with Gasteiger partial charge in [0.15, 0.2) is 12.4 Å². The molecule has 4 rings (SSSR count). The van der Waals surface area contributed by atoms with Crippen LogP contribution >= 0.6 is 0 Å². The summed E-state index contributed by atoms with van der Waals surface area (Å²) >= 11 is 0. The van der Waals surface area contributed by atoms with Gasteiger partial charge < -0.3 is 10.0 Å². The topological polar surface area (TPSA) is 84.3 Å². The number of amides is 1. The predicted octanol–water partition coefficient (Wildman–Crippen LogP) is 3.08. The Labute approximate surface area is 163 Å². The first-order valence-corrected chi connectivity index (χ1v) is 9.75. The van der Waals surface area contributed by atoms with Crippen LogP contribution < -0.4 is 4.90 Å². The minimum absolute atomic E-state index is 0.0514. The number of hydrogen-bond donors (Lipinski definition) is 2. The molecule has 0 atom stereocenters. The Morgan fingerprint density at radius 3 is 2.57 bits per heavy atom. The van der Waals surface area contributed by atoms with Gasteiger partial charge in [-0.3, -0.25) is 14.3 Å². The van der Waals surface area contributed by atoms with Crippen molar-refractivity contribution >= 4 is 22.5 Å². The lowest BCUT2D eigenvalue weighted by Crippen LogP contribution is -3.11. The van der Waals surface area contributed by atoms with Crippen LogP contribution in [0.4, 0.5) is 5.69 Å². The molecule has 2 N–H and O–H groups in total. The molecule has 0 saturated carbocycles. The van der Waals surface area contributed by atoms with E-state index in [0.717, 1.165) is 24.0 Å². The molecule has 1 saturated heterocycles. The van der Waals surface area contributed by atoms with Crippen molar-refractivity contribution in [2.75, 3.05) is 13.1 Å². The number of carbonyl (C=O) groups is 1. The molecule has 28 heavy (non-hydrogen) atoms. The van der Waals surface area contributed by atoms with Crippen molar-refractivity contribution in [1.29, 1.82) is 0 Å². The Hall–Kier alpha value is -3.06. The molecule has 144 valence electrons. The molecule has 0 spiro atoms. The highest BCUT2D eigenvalue weighted by molar-refractivity contribution is 5.96. The molecule has 1 aliphatic rings. The van der Waals surface area contributed by atoms with Crippen molar-refractivity contribution in [3.05, 3.63) is 54.4 Å². The summed E-state index contributed by atoms with van der Waals surface area (Å²) in [6.45, 7) is 2.87. The molecule has 0 unspecified atom stereocenters. The fourth-order valence-corrected chi connectivity index (χ4v) is 3.78. The lowest BCUT2D eigenvalue weighted by atomic mass is 10.2. The van der Waals surface area contributed by atoms with Crippen LogP contribution in [0.15, 0.2) is 58.9 Å². The van der Waals surface area contributed by atoms with Crippen LogP contribution in [0.25, 0.3) is 10.9 Å². The van der Waals surface area contributed by atoms with Gasteiger partial charge >= 0.3 is 5.91 Å². The quantitative estimate of drug-likeness (QED) is 0.684. The molecular formula is C21H24N5O2+. The maximum atomic E-state index is 12.2. The minimum atomic E-state index is -0.532. The van der Waals surface area contributed by atoms with Gasteiger partial charge in [0.1, 0.15) is 5.69 Å². The SMILES string of the molecule is O=C(N=Nc1c(O)n(C[NH+]2CCCCCC2)c2ccccc12)c1ccccn1. The predicted molar refractivity (Wildman–Crippen MR) is 106 cm³/mol. The zero-order valence-electron chi connectivity index (χ0n) is 15.7. The van der Waals surface area contributed by atoms with Gasteiger partial charge in [-0.2, -0.15) is 0 Å². The molecule has 7 heteroatoms. The van der Waals surface area contributed by atoms with Gasteiger partial charge in [-0.1, -0.05) is 24.3 Å². The van der Waals surface area contributed by atoms with Crippen LogP contribution in [-0.4, -0.2) is 33.7 Å². The van der Waals surface area contributed by atoms with E-state index in [9.17, 15) is 9.90 Å². The standard InChI is InChI=1S/C21H23N5O2/c27-20(17-10-5-6-12-22-17)24-23-19-16-9-3-4-11-18(16)26(21(19)28)15-25-13-7-1-2-8-14-25/h3-6,9-12,28H,1-2,7-8,13-15H2/p+1. The number of quaternary nitrogens is 1. The van der Waals surface area contributed by atoms with Crippen molar-refractivity contribution in [1.82, 2.24) is 9.55 Å². The van der Waals surface area contributed by atoms with E-state index in [1.54, 1.807) is 18.2 Å². The number of para-hydroxylation sites is 1. The maximum absolute atomic E-state index is 12.2. The molecule has 7 nitrogen and oxygen atoms in total. The minimum Gasteiger partial charge on any atom is -0.493 e. The number of aromatic nitrogens is 2. The number of carbonyl (C=O) groups excluding carboxylic acids is 1. The first-order valence-electron chi connectivity index (χ1n) is 9.75. The summed E-state index contributed by atoms with van der Waals surface area (Å²) in [7, 11) is 0. The average Bonchev–Trinajstić information content (AvgIpc) is 2.89. The average molecular weight is 378 g/mol. The van der Waals surface area contributed by atoms with Gasteiger partial charge in [0.2, 0.25) is 5.88 Å². The molecule has 3 aromatic rings. The molecule has 0 bridgehead atoms. The summed E-state index contributed by atoms with van der Waals surface area (Å²) in [5.74, 6) is -0.481. The normalized spacial score (nSPS) is 15.9. The van der Waals surface area contributed by atoms with Crippen LogP contribution in [0.3, 0.4) is 0 Å².